The van der Waals surface area contributed by atoms with Gasteiger partial charge in [0.1, 0.15) is 0 Å². The molecule has 3 unspecified atom stereocenters. The Kier molecular flexibility index (Phi) is 5.71. The summed E-state index contributed by atoms with van der Waals surface area (Å²) in [5.74, 6) is 3.86. The third-order valence-corrected chi connectivity index (χ3v) is 4.60. The summed E-state index contributed by atoms with van der Waals surface area (Å²) in [6, 6.07) is 0. The van der Waals surface area contributed by atoms with E-state index < -0.39 is 0 Å². The van der Waals surface area contributed by atoms with Gasteiger partial charge in [0.25, 0.3) is 0 Å². The van der Waals surface area contributed by atoms with E-state index in [0.717, 1.165) is 23.7 Å². The highest BCUT2D eigenvalue weighted by Gasteiger charge is 2.20. The van der Waals surface area contributed by atoms with Gasteiger partial charge in [0.2, 0.25) is 0 Å². The zero-order chi connectivity index (χ0) is 11.3. The quantitative estimate of drug-likeness (QED) is 0.560. The molecule has 0 nitrogen and oxygen atoms in total. The summed E-state index contributed by atoms with van der Waals surface area (Å²) < 4.78 is 0. The molecule has 0 aliphatic heterocycles. The van der Waals surface area contributed by atoms with Crippen LogP contribution < -0.4 is 0 Å². The molecule has 1 aliphatic carbocycles. The van der Waals surface area contributed by atoms with Gasteiger partial charge in [-0.1, -0.05) is 59.8 Å². The van der Waals surface area contributed by atoms with Crippen LogP contribution in [0.1, 0.15) is 72.6 Å². The molecule has 0 amide bonds. The molecule has 1 aliphatic rings. The average molecular weight is 210 g/mol. The highest BCUT2D eigenvalue weighted by molar-refractivity contribution is 4.72. The zero-order valence-electron chi connectivity index (χ0n) is 11.3. The molecule has 3 atom stereocenters. The molecule has 1 fully saturated rings. The van der Waals surface area contributed by atoms with Crippen LogP contribution in [0.15, 0.2) is 0 Å². The Bertz CT molecular complexity index is 155. The fourth-order valence-electron chi connectivity index (χ4n) is 3.18. The zero-order valence-corrected chi connectivity index (χ0v) is 11.3. The summed E-state index contributed by atoms with van der Waals surface area (Å²) in [5, 5.41) is 0. The molecule has 15 heavy (non-hydrogen) atoms. The maximum absolute atomic E-state index is 2.47. The van der Waals surface area contributed by atoms with E-state index in [1.165, 1.54) is 44.9 Å². The van der Waals surface area contributed by atoms with Crippen LogP contribution in [0.4, 0.5) is 0 Å². The Morgan fingerprint density at radius 2 is 1.60 bits per heavy atom. The van der Waals surface area contributed by atoms with Crippen molar-refractivity contribution in [3.05, 3.63) is 0 Å². The van der Waals surface area contributed by atoms with Crippen molar-refractivity contribution in [2.45, 2.75) is 72.6 Å². The summed E-state index contributed by atoms with van der Waals surface area (Å²) in [6.45, 7) is 9.65. The lowest BCUT2D eigenvalue weighted by atomic mass is 9.82. The fraction of sp³-hybridized carbons (Fsp3) is 1.00. The predicted molar refractivity (Wildman–Crippen MR) is 69.0 cm³/mol. The van der Waals surface area contributed by atoms with Crippen LogP contribution in [0.5, 0.6) is 0 Å². The smallest absolute Gasteiger partial charge is 0.0412 e. The van der Waals surface area contributed by atoms with Gasteiger partial charge in [0, 0.05) is 0 Å². The average Bonchev–Trinajstić information content (AvgIpc) is 2.68. The monoisotopic (exact) mass is 210 g/mol. The lowest BCUT2D eigenvalue weighted by Crippen LogP contribution is -2.13. The molecular formula is C15H30. The SMILES string of the molecule is CCC(C)C(C)CC(C)CC1CCCC1. The molecule has 0 radical (unpaired) electrons. The number of rotatable bonds is 6. The van der Waals surface area contributed by atoms with E-state index >= 15 is 0 Å². The van der Waals surface area contributed by atoms with Crippen molar-refractivity contribution in [1.82, 2.24) is 0 Å². The van der Waals surface area contributed by atoms with Crippen LogP contribution in [0.3, 0.4) is 0 Å². The second kappa shape index (κ2) is 6.55. The van der Waals surface area contributed by atoms with Gasteiger partial charge in [-0.15, -0.1) is 0 Å². The molecule has 0 N–H and O–H groups in total. The van der Waals surface area contributed by atoms with E-state index in [2.05, 4.69) is 27.7 Å². The van der Waals surface area contributed by atoms with Gasteiger partial charge in [-0.2, -0.15) is 0 Å². The van der Waals surface area contributed by atoms with E-state index in [0.29, 0.717) is 0 Å². The minimum atomic E-state index is 0.913. The maximum atomic E-state index is 2.47. The van der Waals surface area contributed by atoms with Crippen molar-refractivity contribution in [2.75, 3.05) is 0 Å². The van der Waals surface area contributed by atoms with Gasteiger partial charge < -0.3 is 0 Å². The Labute approximate surface area is 96.8 Å². The molecule has 0 heteroatoms. The highest BCUT2D eigenvalue weighted by atomic mass is 14.3. The Morgan fingerprint density at radius 1 is 1.00 bits per heavy atom. The molecule has 0 aromatic carbocycles. The summed E-state index contributed by atoms with van der Waals surface area (Å²) in [4.78, 5) is 0. The van der Waals surface area contributed by atoms with Crippen LogP contribution >= 0.6 is 0 Å². The molecular weight excluding hydrogens is 180 g/mol. The Hall–Kier alpha value is 0. The normalized spacial score (nSPS) is 24.0. The lowest BCUT2D eigenvalue weighted by molar-refractivity contribution is 0.275. The van der Waals surface area contributed by atoms with Gasteiger partial charge in [-0.25, -0.2) is 0 Å². The van der Waals surface area contributed by atoms with Crippen molar-refractivity contribution >= 4 is 0 Å². The topological polar surface area (TPSA) is 0 Å². The third-order valence-electron chi connectivity index (χ3n) is 4.60. The van der Waals surface area contributed by atoms with E-state index in [1.54, 1.807) is 0 Å². The molecule has 0 spiro atoms. The predicted octanol–water partition coefficient (Wildman–Crippen LogP) is 5.28. The van der Waals surface area contributed by atoms with Gasteiger partial charge in [-0.05, 0) is 36.5 Å². The maximum Gasteiger partial charge on any atom is -0.0412 e. The number of hydrogen-bond acceptors (Lipinski definition) is 0. The largest absolute Gasteiger partial charge is 0.0651 e. The summed E-state index contributed by atoms with van der Waals surface area (Å²) in [7, 11) is 0. The summed E-state index contributed by atoms with van der Waals surface area (Å²) >= 11 is 0. The van der Waals surface area contributed by atoms with Crippen molar-refractivity contribution in [2.24, 2.45) is 23.7 Å². The first-order valence-corrected chi connectivity index (χ1v) is 7.13. The van der Waals surface area contributed by atoms with E-state index in [1.807, 2.05) is 0 Å². The van der Waals surface area contributed by atoms with Crippen molar-refractivity contribution in [3.8, 4) is 0 Å². The van der Waals surface area contributed by atoms with Crippen LogP contribution in [-0.4, -0.2) is 0 Å². The molecule has 1 saturated carbocycles. The second-order valence-corrected chi connectivity index (χ2v) is 6.09. The van der Waals surface area contributed by atoms with Crippen molar-refractivity contribution < 1.29 is 0 Å². The van der Waals surface area contributed by atoms with Gasteiger partial charge in [0.15, 0.2) is 0 Å². The number of hydrogen-bond donors (Lipinski definition) is 0. The van der Waals surface area contributed by atoms with Crippen molar-refractivity contribution in [3.63, 3.8) is 0 Å². The van der Waals surface area contributed by atoms with Gasteiger partial charge in [0.05, 0.1) is 0 Å². The minimum absolute atomic E-state index is 0.913. The van der Waals surface area contributed by atoms with E-state index in [4.69, 9.17) is 0 Å². The Balaban J connectivity index is 2.19. The second-order valence-electron chi connectivity index (χ2n) is 6.09. The molecule has 1 rings (SSSR count). The first kappa shape index (κ1) is 13.1. The Morgan fingerprint density at radius 3 is 2.13 bits per heavy atom. The van der Waals surface area contributed by atoms with Gasteiger partial charge >= 0.3 is 0 Å². The molecule has 0 saturated heterocycles. The van der Waals surface area contributed by atoms with Crippen LogP contribution in [0.25, 0.3) is 0 Å². The lowest BCUT2D eigenvalue weighted by Gasteiger charge is -2.24. The summed E-state index contributed by atoms with van der Waals surface area (Å²) in [6.07, 6.45) is 10.3. The van der Waals surface area contributed by atoms with E-state index in [9.17, 15) is 0 Å². The molecule has 90 valence electrons. The molecule has 0 heterocycles. The van der Waals surface area contributed by atoms with Crippen LogP contribution in [0.2, 0.25) is 0 Å². The summed E-state index contributed by atoms with van der Waals surface area (Å²) in [5.41, 5.74) is 0. The molecule has 0 aromatic heterocycles. The standard InChI is InChI=1S/C15H30/c1-5-13(3)14(4)10-12(2)11-15-8-6-7-9-15/h12-15H,5-11H2,1-4H3. The molecule has 0 aromatic rings. The van der Waals surface area contributed by atoms with Crippen molar-refractivity contribution in [1.29, 1.82) is 0 Å². The van der Waals surface area contributed by atoms with Gasteiger partial charge in [-0.3, -0.25) is 0 Å². The minimum Gasteiger partial charge on any atom is -0.0651 e. The highest BCUT2D eigenvalue weighted by Crippen LogP contribution is 2.33. The first-order chi connectivity index (χ1) is 7.13. The molecule has 0 bridgehead atoms. The third kappa shape index (κ3) is 4.57. The van der Waals surface area contributed by atoms with Crippen LogP contribution in [-0.2, 0) is 0 Å². The first-order valence-electron chi connectivity index (χ1n) is 7.13. The van der Waals surface area contributed by atoms with E-state index in [-0.39, 0.29) is 0 Å². The van der Waals surface area contributed by atoms with Crippen LogP contribution in [0, 0.1) is 23.7 Å². The fourth-order valence-corrected chi connectivity index (χ4v) is 3.18.